The van der Waals surface area contributed by atoms with Crippen molar-refractivity contribution in [3.8, 4) is 12.3 Å². The summed E-state index contributed by atoms with van der Waals surface area (Å²) in [5.74, 6) is 4.05. The fourth-order valence-corrected chi connectivity index (χ4v) is 2.88. The van der Waals surface area contributed by atoms with Gasteiger partial charge >= 0.3 is 0 Å². The summed E-state index contributed by atoms with van der Waals surface area (Å²) in [4.78, 5) is 0. The van der Waals surface area contributed by atoms with Crippen LogP contribution in [0.3, 0.4) is 0 Å². The third-order valence-corrected chi connectivity index (χ3v) is 3.87. The average molecular weight is 216 g/mol. The molecular weight excluding hydrogens is 192 g/mol. The maximum absolute atomic E-state index is 5.26. The normalized spacial score (nSPS) is 30.3. The van der Waals surface area contributed by atoms with Gasteiger partial charge in [-0.25, -0.2) is 0 Å². The van der Waals surface area contributed by atoms with Crippen LogP contribution in [0.2, 0.25) is 0 Å². The van der Waals surface area contributed by atoms with Crippen molar-refractivity contribution in [2.75, 3.05) is 0 Å². The highest BCUT2D eigenvalue weighted by atomic mass is 14.4. The molecule has 1 rings (SSSR count). The van der Waals surface area contributed by atoms with E-state index in [9.17, 15) is 0 Å². The Morgan fingerprint density at radius 2 is 2.12 bits per heavy atom. The van der Waals surface area contributed by atoms with Crippen molar-refractivity contribution in [3.05, 3.63) is 23.8 Å². The van der Waals surface area contributed by atoms with Crippen LogP contribution in [0.1, 0.15) is 47.0 Å². The molecule has 16 heavy (non-hydrogen) atoms. The summed E-state index contributed by atoms with van der Waals surface area (Å²) >= 11 is 0. The Labute approximate surface area is 101 Å². The Bertz CT molecular complexity index is 322. The maximum atomic E-state index is 5.26. The van der Waals surface area contributed by atoms with Crippen molar-refractivity contribution < 1.29 is 0 Å². The summed E-state index contributed by atoms with van der Waals surface area (Å²) < 4.78 is 0. The van der Waals surface area contributed by atoms with Crippen LogP contribution in [0.25, 0.3) is 0 Å². The second kappa shape index (κ2) is 5.39. The summed E-state index contributed by atoms with van der Waals surface area (Å²) in [6, 6.07) is 0. The molecule has 0 aromatic heterocycles. The van der Waals surface area contributed by atoms with Gasteiger partial charge in [-0.05, 0) is 42.2 Å². The number of rotatable bonds is 2. The molecule has 0 unspecified atom stereocenters. The molecule has 1 aliphatic rings. The molecule has 0 saturated heterocycles. The van der Waals surface area contributed by atoms with Crippen LogP contribution in [0, 0.1) is 29.6 Å². The lowest BCUT2D eigenvalue weighted by Crippen LogP contribution is -2.32. The van der Waals surface area contributed by atoms with Crippen molar-refractivity contribution in [3.63, 3.8) is 0 Å². The molecule has 0 amide bonds. The van der Waals surface area contributed by atoms with Gasteiger partial charge in [0.2, 0.25) is 0 Å². The van der Waals surface area contributed by atoms with Gasteiger partial charge in [0, 0.05) is 0 Å². The van der Waals surface area contributed by atoms with E-state index in [1.165, 1.54) is 24.8 Å². The quantitative estimate of drug-likeness (QED) is 0.468. The summed E-state index contributed by atoms with van der Waals surface area (Å²) in [5, 5.41) is 0. The van der Waals surface area contributed by atoms with Crippen LogP contribution in [0.15, 0.2) is 23.8 Å². The van der Waals surface area contributed by atoms with E-state index in [2.05, 4.69) is 45.8 Å². The Balaban J connectivity index is 2.77. The zero-order valence-electron chi connectivity index (χ0n) is 11.1. The first-order valence-electron chi connectivity index (χ1n) is 6.28. The lowest BCUT2D eigenvalue weighted by atomic mass is 9.64. The standard InChI is InChI=1S/C16H24/c1-6-8-13(2)10-11-15-14(3)9-7-12-16(15,4)5/h1,8,10-11,14-15H,7,9,12H2,2-5H3/b11-10+,13-8+/t14-,15-/m1/s1. The summed E-state index contributed by atoms with van der Waals surface area (Å²) in [6.07, 6.45) is 15.7. The Morgan fingerprint density at radius 1 is 1.44 bits per heavy atom. The van der Waals surface area contributed by atoms with Crippen molar-refractivity contribution in [1.82, 2.24) is 0 Å². The van der Waals surface area contributed by atoms with E-state index in [1.54, 1.807) is 0 Å². The molecule has 0 bridgehead atoms. The first kappa shape index (κ1) is 13.1. The maximum Gasteiger partial charge on any atom is -0.00924 e. The largest absolute Gasteiger partial charge is 0.115 e. The highest BCUT2D eigenvalue weighted by molar-refractivity contribution is 5.25. The molecule has 1 aliphatic carbocycles. The van der Waals surface area contributed by atoms with Crippen molar-refractivity contribution in [2.45, 2.75) is 47.0 Å². The SMILES string of the molecule is C#C/C=C(C)/C=C/[C@@H]1[C@H](C)CCCC1(C)C. The first-order chi connectivity index (χ1) is 7.47. The van der Waals surface area contributed by atoms with Gasteiger partial charge in [-0.2, -0.15) is 0 Å². The molecule has 0 heteroatoms. The van der Waals surface area contributed by atoms with Crippen molar-refractivity contribution >= 4 is 0 Å². The zero-order chi connectivity index (χ0) is 12.2. The molecule has 0 spiro atoms. The topological polar surface area (TPSA) is 0 Å². The molecule has 1 fully saturated rings. The third kappa shape index (κ3) is 3.27. The van der Waals surface area contributed by atoms with Gasteiger partial charge in [0.25, 0.3) is 0 Å². The molecule has 2 atom stereocenters. The van der Waals surface area contributed by atoms with E-state index in [0.29, 0.717) is 11.3 Å². The van der Waals surface area contributed by atoms with Crippen LogP contribution in [0.4, 0.5) is 0 Å². The van der Waals surface area contributed by atoms with E-state index < -0.39 is 0 Å². The lowest BCUT2D eigenvalue weighted by molar-refractivity contribution is 0.123. The van der Waals surface area contributed by atoms with Crippen molar-refractivity contribution in [1.29, 1.82) is 0 Å². The van der Waals surface area contributed by atoms with E-state index in [-0.39, 0.29) is 0 Å². The Hall–Kier alpha value is -0.960. The molecule has 0 heterocycles. The molecular formula is C16H24. The van der Waals surface area contributed by atoms with Crippen LogP contribution < -0.4 is 0 Å². The van der Waals surface area contributed by atoms with Crippen LogP contribution in [-0.2, 0) is 0 Å². The number of hydrogen-bond donors (Lipinski definition) is 0. The molecule has 0 aliphatic heterocycles. The zero-order valence-corrected chi connectivity index (χ0v) is 11.1. The van der Waals surface area contributed by atoms with E-state index >= 15 is 0 Å². The highest BCUT2D eigenvalue weighted by Crippen LogP contribution is 2.44. The van der Waals surface area contributed by atoms with Gasteiger partial charge in [-0.3, -0.25) is 0 Å². The fraction of sp³-hybridized carbons (Fsp3) is 0.625. The van der Waals surface area contributed by atoms with Gasteiger partial charge in [-0.1, -0.05) is 51.7 Å². The van der Waals surface area contributed by atoms with E-state index in [1.807, 2.05) is 6.08 Å². The smallest absolute Gasteiger partial charge is 0.00924 e. The lowest BCUT2D eigenvalue weighted by Gasteiger charge is -2.41. The molecule has 1 saturated carbocycles. The minimum absolute atomic E-state index is 0.435. The molecule has 0 N–H and O–H groups in total. The number of terminal acetylenes is 1. The summed E-state index contributed by atoms with van der Waals surface area (Å²) in [7, 11) is 0. The minimum atomic E-state index is 0.435. The van der Waals surface area contributed by atoms with E-state index in [4.69, 9.17) is 6.42 Å². The molecule has 0 aromatic rings. The number of hydrogen-bond acceptors (Lipinski definition) is 0. The first-order valence-corrected chi connectivity index (χ1v) is 6.28. The second-order valence-electron chi connectivity index (χ2n) is 5.80. The van der Waals surface area contributed by atoms with Gasteiger partial charge in [0.1, 0.15) is 0 Å². The molecule has 88 valence electrons. The summed E-state index contributed by atoms with van der Waals surface area (Å²) in [6.45, 7) is 9.21. The second-order valence-corrected chi connectivity index (χ2v) is 5.80. The predicted octanol–water partition coefficient (Wildman–Crippen LogP) is 4.58. The number of allylic oxidation sites excluding steroid dienone is 4. The molecule has 0 aromatic carbocycles. The molecule has 0 radical (unpaired) electrons. The van der Waals surface area contributed by atoms with Crippen molar-refractivity contribution in [2.24, 2.45) is 17.3 Å². The highest BCUT2D eigenvalue weighted by Gasteiger charge is 2.34. The van der Waals surface area contributed by atoms with Gasteiger partial charge < -0.3 is 0 Å². The summed E-state index contributed by atoms with van der Waals surface area (Å²) in [5.41, 5.74) is 1.61. The Morgan fingerprint density at radius 3 is 2.69 bits per heavy atom. The third-order valence-electron chi connectivity index (χ3n) is 3.87. The van der Waals surface area contributed by atoms with Crippen LogP contribution in [-0.4, -0.2) is 0 Å². The molecule has 0 nitrogen and oxygen atoms in total. The van der Waals surface area contributed by atoms with Gasteiger partial charge in [0.15, 0.2) is 0 Å². The Kier molecular flexibility index (Phi) is 4.42. The van der Waals surface area contributed by atoms with Crippen LogP contribution >= 0.6 is 0 Å². The monoisotopic (exact) mass is 216 g/mol. The minimum Gasteiger partial charge on any atom is -0.115 e. The van der Waals surface area contributed by atoms with Crippen LogP contribution in [0.5, 0.6) is 0 Å². The average Bonchev–Trinajstić information content (AvgIpc) is 2.16. The predicted molar refractivity (Wildman–Crippen MR) is 72.0 cm³/mol. The van der Waals surface area contributed by atoms with Gasteiger partial charge in [-0.15, -0.1) is 6.42 Å². The van der Waals surface area contributed by atoms with E-state index in [0.717, 1.165) is 5.92 Å². The van der Waals surface area contributed by atoms with Gasteiger partial charge in [0.05, 0.1) is 0 Å². The fourth-order valence-electron chi connectivity index (χ4n) is 2.88.